The van der Waals surface area contributed by atoms with Crippen LogP contribution < -0.4 is 0 Å². The van der Waals surface area contributed by atoms with Crippen LogP contribution in [0.5, 0.6) is 0 Å². The highest BCUT2D eigenvalue weighted by Gasteiger charge is 2.14. The molecule has 17 heavy (non-hydrogen) atoms. The predicted molar refractivity (Wildman–Crippen MR) is 75.4 cm³/mol. The van der Waals surface area contributed by atoms with Crippen molar-refractivity contribution in [2.45, 2.75) is 17.0 Å². The molecule has 3 nitrogen and oxygen atoms in total. The highest BCUT2D eigenvalue weighted by molar-refractivity contribution is 9.11. The smallest absolute Gasteiger partial charge is 0.347 e. The first kappa shape index (κ1) is 13.1. The van der Waals surface area contributed by atoms with Crippen molar-refractivity contribution in [2.75, 3.05) is 0 Å². The second-order valence-electron chi connectivity index (χ2n) is 3.19. The molecule has 0 bridgehead atoms. The van der Waals surface area contributed by atoms with Crippen LogP contribution in [0.3, 0.4) is 0 Å². The summed E-state index contributed by atoms with van der Waals surface area (Å²) in [5.41, 5.74) is 0.595. The summed E-state index contributed by atoms with van der Waals surface area (Å²) in [6, 6.07) is 4.07. The first-order valence-electron chi connectivity index (χ1n) is 4.64. The Hall–Kier alpha value is -0.370. The first-order chi connectivity index (χ1) is 8.06. The molecule has 0 radical (unpaired) electrons. The molecule has 90 valence electrons. The predicted octanol–water partition coefficient (Wildman–Crippen LogP) is 4.27. The molecule has 1 N–H and O–H groups in total. The molecule has 2 aromatic heterocycles. The molecule has 0 unspecified atom stereocenters. The van der Waals surface area contributed by atoms with E-state index in [0.29, 0.717) is 10.6 Å². The molecule has 0 atom stereocenters. The molecule has 0 aliphatic carbocycles. The third-order valence-corrected chi connectivity index (χ3v) is 6.08. The fraction of sp³-hybridized carbons (Fsp3) is 0.200. The summed E-state index contributed by atoms with van der Waals surface area (Å²) >= 11 is 7.90. The van der Waals surface area contributed by atoms with Gasteiger partial charge in [0.2, 0.25) is 0 Å². The lowest BCUT2D eigenvalue weighted by Gasteiger charge is -1.92. The van der Waals surface area contributed by atoms with Gasteiger partial charge in [0.15, 0.2) is 4.34 Å². The zero-order valence-corrected chi connectivity index (χ0v) is 12.8. The SMILES string of the molecule is Cc1nc(SCc2ccc(Br)s2)sc1C(=O)O. The lowest BCUT2D eigenvalue weighted by molar-refractivity contribution is 0.0701. The summed E-state index contributed by atoms with van der Waals surface area (Å²) in [4.78, 5) is 16.7. The summed E-state index contributed by atoms with van der Waals surface area (Å²) < 4.78 is 1.92. The van der Waals surface area contributed by atoms with E-state index in [1.807, 2.05) is 6.07 Å². The highest BCUT2D eigenvalue weighted by Crippen LogP contribution is 2.32. The molecule has 7 heteroatoms. The van der Waals surface area contributed by atoms with Gasteiger partial charge in [-0.15, -0.1) is 22.7 Å². The van der Waals surface area contributed by atoms with E-state index >= 15 is 0 Å². The van der Waals surface area contributed by atoms with Crippen LogP contribution in [-0.2, 0) is 5.75 Å². The maximum Gasteiger partial charge on any atom is 0.347 e. The number of aromatic carboxylic acids is 1. The quantitative estimate of drug-likeness (QED) is 0.837. The number of aryl methyl sites for hydroxylation is 1. The van der Waals surface area contributed by atoms with Gasteiger partial charge in [0, 0.05) is 10.6 Å². The van der Waals surface area contributed by atoms with Crippen molar-refractivity contribution in [2.24, 2.45) is 0 Å². The molecule has 0 spiro atoms. The third-order valence-electron chi connectivity index (χ3n) is 1.94. The van der Waals surface area contributed by atoms with Gasteiger partial charge < -0.3 is 5.11 Å². The van der Waals surface area contributed by atoms with Crippen LogP contribution in [0, 0.1) is 6.92 Å². The minimum Gasteiger partial charge on any atom is -0.477 e. The maximum absolute atomic E-state index is 10.9. The van der Waals surface area contributed by atoms with Crippen LogP contribution in [0.15, 0.2) is 20.3 Å². The van der Waals surface area contributed by atoms with E-state index in [1.54, 1.807) is 30.0 Å². The summed E-state index contributed by atoms with van der Waals surface area (Å²) in [6.07, 6.45) is 0. The Kier molecular flexibility index (Phi) is 4.24. The molecule has 0 aliphatic heterocycles. The van der Waals surface area contributed by atoms with E-state index < -0.39 is 5.97 Å². The van der Waals surface area contributed by atoms with Gasteiger partial charge in [-0.25, -0.2) is 9.78 Å². The maximum atomic E-state index is 10.9. The number of hydrogen-bond acceptors (Lipinski definition) is 5. The van der Waals surface area contributed by atoms with Gasteiger partial charge in [-0.1, -0.05) is 11.8 Å². The van der Waals surface area contributed by atoms with Crippen molar-refractivity contribution in [1.29, 1.82) is 0 Å². The van der Waals surface area contributed by atoms with Crippen molar-refractivity contribution in [3.05, 3.63) is 31.4 Å². The molecule has 0 fully saturated rings. The molecule has 2 aromatic rings. The fourth-order valence-corrected chi connectivity index (χ4v) is 4.75. The zero-order valence-electron chi connectivity index (χ0n) is 8.77. The van der Waals surface area contributed by atoms with Crippen molar-refractivity contribution in [3.8, 4) is 0 Å². The summed E-state index contributed by atoms with van der Waals surface area (Å²) in [5.74, 6) is -0.0758. The number of thioether (sulfide) groups is 1. The average molecular weight is 350 g/mol. The van der Waals surface area contributed by atoms with Gasteiger partial charge in [0.05, 0.1) is 9.48 Å². The third kappa shape index (κ3) is 3.31. The second kappa shape index (κ2) is 5.51. The van der Waals surface area contributed by atoms with E-state index in [0.717, 1.165) is 13.9 Å². The molecule has 0 aromatic carbocycles. The standard InChI is InChI=1S/C10H8BrNO2S3/c1-5-8(9(13)14)17-10(12-5)15-4-6-2-3-7(11)16-6/h2-3H,4H2,1H3,(H,13,14). The summed E-state index contributed by atoms with van der Waals surface area (Å²) in [5, 5.41) is 8.92. The van der Waals surface area contributed by atoms with Crippen LogP contribution >= 0.6 is 50.4 Å². The lowest BCUT2D eigenvalue weighted by Crippen LogP contribution is -1.94. The van der Waals surface area contributed by atoms with Crippen molar-refractivity contribution in [1.82, 2.24) is 4.98 Å². The first-order valence-corrected chi connectivity index (χ1v) is 8.05. The van der Waals surface area contributed by atoms with Crippen LogP contribution in [0.2, 0.25) is 0 Å². The number of aromatic nitrogens is 1. The molecular weight excluding hydrogens is 342 g/mol. The normalized spacial score (nSPS) is 10.7. The topological polar surface area (TPSA) is 50.2 Å². The fourth-order valence-electron chi connectivity index (χ4n) is 1.19. The van der Waals surface area contributed by atoms with E-state index in [4.69, 9.17) is 5.11 Å². The monoisotopic (exact) mass is 349 g/mol. The molecular formula is C10H8BrNO2S3. The molecule has 0 saturated heterocycles. The number of carboxylic acids is 1. The van der Waals surface area contributed by atoms with Gasteiger partial charge in [-0.3, -0.25) is 0 Å². The Morgan fingerprint density at radius 2 is 2.29 bits per heavy atom. The Morgan fingerprint density at radius 1 is 1.53 bits per heavy atom. The molecule has 2 rings (SSSR count). The number of thiazole rings is 1. The van der Waals surface area contributed by atoms with Crippen molar-refractivity contribution in [3.63, 3.8) is 0 Å². The molecule has 0 amide bonds. The van der Waals surface area contributed by atoms with Crippen LogP contribution in [0.25, 0.3) is 0 Å². The Morgan fingerprint density at radius 3 is 2.82 bits per heavy atom. The summed E-state index contributed by atoms with van der Waals surface area (Å²) in [7, 11) is 0. The Labute approximate surface area is 119 Å². The largest absolute Gasteiger partial charge is 0.477 e. The van der Waals surface area contributed by atoms with E-state index in [2.05, 4.69) is 27.0 Å². The van der Waals surface area contributed by atoms with E-state index in [1.165, 1.54) is 16.2 Å². The van der Waals surface area contributed by atoms with E-state index in [-0.39, 0.29) is 0 Å². The Bertz CT molecular complexity index is 549. The number of carboxylic acid groups (broad SMARTS) is 1. The number of thiophene rings is 1. The van der Waals surface area contributed by atoms with E-state index in [9.17, 15) is 4.79 Å². The van der Waals surface area contributed by atoms with Gasteiger partial charge in [-0.05, 0) is 35.0 Å². The number of nitrogens with zero attached hydrogens (tertiary/aromatic N) is 1. The van der Waals surface area contributed by atoms with Crippen molar-refractivity contribution >= 4 is 56.3 Å². The average Bonchev–Trinajstić information content (AvgIpc) is 2.82. The van der Waals surface area contributed by atoms with Gasteiger partial charge in [-0.2, -0.15) is 0 Å². The molecule has 0 saturated carbocycles. The molecule has 2 heterocycles. The minimum absolute atomic E-state index is 0.333. The van der Waals surface area contributed by atoms with Crippen molar-refractivity contribution < 1.29 is 9.90 Å². The number of rotatable bonds is 4. The van der Waals surface area contributed by atoms with Crippen LogP contribution in [-0.4, -0.2) is 16.1 Å². The Balaban J connectivity index is 2.04. The highest BCUT2D eigenvalue weighted by atomic mass is 79.9. The van der Waals surface area contributed by atoms with Gasteiger partial charge in [0.25, 0.3) is 0 Å². The number of hydrogen-bond donors (Lipinski definition) is 1. The van der Waals surface area contributed by atoms with Crippen LogP contribution in [0.4, 0.5) is 0 Å². The number of halogens is 1. The van der Waals surface area contributed by atoms with Gasteiger partial charge in [0.1, 0.15) is 4.88 Å². The number of carbonyl (C=O) groups is 1. The van der Waals surface area contributed by atoms with Crippen LogP contribution in [0.1, 0.15) is 20.2 Å². The minimum atomic E-state index is -0.897. The zero-order chi connectivity index (χ0) is 12.4. The molecule has 0 aliphatic rings. The van der Waals surface area contributed by atoms with Gasteiger partial charge >= 0.3 is 5.97 Å². The second-order valence-corrected chi connectivity index (χ2v) is 7.96. The summed E-state index contributed by atoms with van der Waals surface area (Å²) in [6.45, 7) is 1.73. The lowest BCUT2D eigenvalue weighted by atomic mass is 10.4.